The second-order valence-electron chi connectivity index (χ2n) is 12.5. The van der Waals surface area contributed by atoms with Gasteiger partial charge in [-0.2, -0.15) is 0 Å². The Balaban J connectivity index is 1.47. The molecule has 4 aliphatic rings. The molecule has 4 rings (SSSR count). The molecule has 31 heavy (non-hydrogen) atoms. The van der Waals surface area contributed by atoms with Crippen molar-refractivity contribution in [3.8, 4) is 0 Å². The maximum absolute atomic E-state index is 11.0. The van der Waals surface area contributed by atoms with E-state index in [2.05, 4.69) is 40.7 Å². The van der Waals surface area contributed by atoms with Crippen molar-refractivity contribution >= 4 is 6.16 Å². The van der Waals surface area contributed by atoms with E-state index in [4.69, 9.17) is 9.84 Å². The maximum Gasteiger partial charge on any atom is 0.506 e. The lowest BCUT2D eigenvalue weighted by Crippen LogP contribution is -2.51. The minimum Gasteiger partial charge on any atom is -0.450 e. The van der Waals surface area contributed by atoms with Crippen molar-refractivity contribution in [2.75, 3.05) is 0 Å². The number of rotatable bonds is 6. The first kappa shape index (κ1) is 23.2. The lowest BCUT2D eigenvalue weighted by atomic mass is 9.47. The fourth-order valence-electron chi connectivity index (χ4n) is 8.90. The minimum absolute atomic E-state index is 0.134. The van der Waals surface area contributed by atoms with Gasteiger partial charge in [-0.3, -0.25) is 0 Å². The molecule has 0 heterocycles. The predicted octanol–water partition coefficient (Wildman–Crippen LogP) is 8.09. The zero-order chi connectivity index (χ0) is 22.4. The van der Waals surface area contributed by atoms with Crippen LogP contribution in [0.15, 0.2) is 11.6 Å². The quantitative estimate of drug-likeness (QED) is 0.342. The van der Waals surface area contributed by atoms with E-state index in [1.54, 1.807) is 0 Å². The van der Waals surface area contributed by atoms with Gasteiger partial charge in [0.25, 0.3) is 0 Å². The van der Waals surface area contributed by atoms with Gasteiger partial charge >= 0.3 is 6.16 Å². The van der Waals surface area contributed by atoms with Crippen molar-refractivity contribution in [1.29, 1.82) is 0 Å². The molecule has 0 aromatic heterocycles. The number of carboxylic acid groups (broad SMARTS) is 1. The summed E-state index contributed by atoms with van der Waals surface area (Å²) in [6, 6.07) is 0. The van der Waals surface area contributed by atoms with Crippen molar-refractivity contribution in [3.05, 3.63) is 11.6 Å². The summed E-state index contributed by atoms with van der Waals surface area (Å²) in [5, 5.41) is 9.05. The van der Waals surface area contributed by atoms with Crippen molar-refractivity contribution in [2.24, 2.45) is 46.3 Å². The molecule has 0 radical (unpaired) electrons. The minimum atomic E-state index is -1.11. The van der Waals surface area contributed by atoms with Crippen LogP contribution < -0.4 is 0 Å². The molecular formula is C28H46O3. The second-order valence-corrected chi connectivity index (χ2v) is 12.5. The average molecular weight is 431 g/mol. The molecule has 0 amide bonds. The zero-order valence-electron chi connectivity index (χ0n) is 20.7. The largest absolute Gasteiger partial charge is 0.506 e. The second kappa shape index (κ2) is 8.75. The van der Waals surface area contributed by atoms with E-state index >= 15 is 0 Å². The molecule has 4 aliphatic carbocycles. The Morgan fingerprint density at radius 1 is 1.10 bits per heavy atom. The topological polar surface area (TPSA) is 46.5 Å². The molecule has 0 saturated heterocycles. The summed E-state index contributed by atoms with van der Waals surface area (Å²) in [7, 11) is 0. The zero-order valence-corrected chi connectivity index (χ0v) is 20.7. The normalized spacial score (nSPS) is 42.9. The summed E-state index contributed by atoms with van der Waals surface area (Å²) in [5.41, 5.74) is 2.30. The summed E-state index contributed by atoms with van der Waals surface area (Å²) in [6.07, 6.45) is 15.1. The Bertz CT molecular complexity index is 696. The number of carbonyl (C=O) groups is 1. The van der Waals surface area contributed by atoms with Gasteiger partial charge in [0.1, 0.15) is 6.10 Å². The highest BCUT2D eigenvalue weighted by Gasteiger charge is 2.59. The highest BCUT2D eigenvalue weighted by Crippen LogP contribution is 2.67. The van der Waals surface area contributed by atoms with E-state index in [1.165, 1.54) is 56.9 Å². The van der Waals surface area contributed by atoms with Crippen LogP contribution in [0.25, 0.3) is 0 Å². The maximum atomic E-state index is 11.0. The number of fused-ring (bicyclic) bond motifs is 5. The molecule has 1 N–H and O–H groups in total. The summed E-state index contributed by atoms with van der Waals surface area (Å²) >= 11 is 0. The van der Waals surface area contributed by atoms with Crippen LogP contribution in [0.3, 0.4) is 0 Å². The molecule has 3 fully saturated rings. The van der Waals surface area contributed by atoms with Crippen LogP contribution in [0.2, 0.25) is 0 Å². The monoisotopic (exact) mass is 430 g/mol. The van der Waals surface area contributed by atoms with Gasteiger partial charge in [0.05, 0.1) is 0 Å². The van der Waals surface area contributed by atoms with E-state index in [0.29, 0.717) is 5.41 Å². The van der Waals surface area contributed by atoms with Crippen LogP contribution in [0.1, 0.15) is 105 Å². The first-order valence-corrected chi connectivity index (χ1v) is 13.2. The van der Waals surface area contributed by atoms with Gasteiger partial charge in [0, 0.05) is 6.42 Å². The molecule has 8 atom stereocenters. The van der Waals surface area contributed by atoms with Crippen LogP contribution in [-0.2, 0) is 4.74 Å². The number of allylic oxidation sites excluding steroid dienone is 1. The smallest absolute Gasteiger partial charge is 0.450 e. The highest BCUT2D eigenvalue weighted by atomic mass is 16.7. The van der Waals surface area contributed by atoms with Crippen molar-refractivity contribution < 1.29 is 14.6 Å². The van der Waals surface area contributed by atoms with Crippen molar-refractivity contribution in [2.45, 2.75) is 111 Å². The van der Waals surface area contributed by atoms with Crippen LogP contribution in [-0.4, -0.2) is 17.4 Å². The van der Waals surface area contributed by atoms with Gasteiger partial charge in [-0.25, -0.2) is 4.79 Å². The number of hydrogen-bond acceptors (Lipinski definition) is 2. The molecule has 0 aromatic carbocycles. The van der Waals surface area contributed by atoms with Crippen LogP contribution in [0.4, 0.5) is 4.79 Å². The first-order valence-electron chi connectivity index (χ1n) is 13.2. The fourth-order valence-corrected chi connectivity index (χ4v) is 8.90. The van der Waals surface area contributed by atoms with Crippen molar-refractivity contribution in [1.82, 2.24) is 0 Å². The van der Waals surface area contributed by atoms with E-state index in [1.807, 2.05) is 0 Å². The van der Waals surface area contributed by atoms with Crippen LogP contribution in [0.5, 0.6) is 0 Å². The Kier molecular flexibility index (Phi) is 6.54. The lowest BCUT2D eigenvalue weighted by molar-refractivity contribution is -0.0601. The van der Waals surface area contributed by atoms with Gasteiger partial charge in [0.2, 0.25) is 0 Å². The summed E-state index contributed by atoms with van der Waals surface area (Å²) in [5.74, 6) is 5.09. The summed E-state index contributed by atoms with van der Waals surface area (Å²) in [6.45, 7) is 12.4. The number of ether oxygens (including phenoxy) is 1. The van der Waals surface area contributed by atoms with Crippen LogP contribution in [0, 0.1) is 46.3 Å². The third kappa shape index (κ3) is 4.20. The van der Waals surface area contributed by atoms with Gasteiger partial charge in [0.15, 0.2) is 0 Å². The predicted molar refractivity (Wildman–Crippen MR) is 126 cm³/mol. The standard InChI is InChI=1S/C28H46O3/c1-18(2)7-6-8-19(3)23-11-12-24-22-10-9-20-17-21(31-26(29)30)13-15-27(20,4)25(22)14-16-28(23,24)5/h9,18-19,21-25H,6-8,10-17H2,1-5H3,(H,29,30). The molecule has 8 unspecified atom stereocenters. The van der Waals surface area contributed by atoms with Gasteiger partial charge in [-0.05, 0) is 91.3 Å². The van der Waals surface area contributed by atoms with Crippen LogP contribution >= 0.6 is 0 Å². The average Bonchev–Trinajstić information content (AvgIpc) is 3.05. The molecule has 0 aromatic rings. The fraction of sp³-hybridized carbons (Fsp3) is 0.893. The van der Waals surface area contributed by atoms with E-state index in [9.17, 15) is 4.79 Å². The van der Waals surface area contributed by atoms with Gasteiger partial charge < -0.3 is 9.84 Å². The third-order valence-electron chi connectivity index (χ3n) is 10.5. The molecular weight excluding hydrogens is 384 g/mol. The Labute approximate surface area is 190 Å². The van der Waals surface area contributed by atoms with Gasteiger partial charge in [-0.1, -0.05) is 65.5 Å². The highest BCUT2D eigenvalue weighted by molar-refractivity contribution is 5.57. The summed E-state index contributed by atoms with van der Waals surface area (Å²) < 4.78 is 5.17. The Morgan fingerprint density at radius 2 is 1.87 bits per heavy atom. The molecule has 0 aliphatic heterocycles. The molecule has 3 heteroatoms. The molecule has 3 saturated carbocycles. The SMILES string of the molecule is CC(C)CCCC(C)C1CCC2C3CC=C4CC(OC(=O)O)CCC4(C)C3CCC12C. The Morgan fingerprint density at radius 3 is 2.58 bits per heavy atom. The third-order valence-corrected chi connectivity index (χ3v) is 10.5. The molecule has 0 bridgehead atoms. The number of hydrogen-bond donors (Lipinski definition) is 1. The van der Waals surface area contributed by atoms with E-state index in [-0.39, 0.29) is 11.5 Å². The molecule has 0 spiro atoms. The summed E-state index contributed by atoms with van der Waals surface area (Å²) in [4.78, 5) is 11.0. The van der Waals surface area contributed by atoms with E-state index < -0.39 is 6.16 Å². The van der Waals surface area contributed by atoms with Crippen molar-refractivity contribution in [3.63, 3.8) is 0 Å². The lowest BCUT2D eigenvalue weighted by Gasteiger charge is -2.58. The van der Waals surface area contributed by atoms with E-state index in [0.717, 1.165) is 54.8 Å². The van der Waals surface area contributed by atoms with Gasteiger partial charge in [-0.15, -0.1) is 0 Å². The first-order chi connectivity index (χ1) is 14.6. The Hall–Kier alpha value is -0.990. The molecule has 3 nitrogen and oxygen atoms in total. The molecule has 176 valence electrons.